The molecule has 2 N–H and O–H groups in total. The number of alkyl halides is 1. The number of H-pyrrole nitrogens is 1. The standard InChI is InChI=1S/C9H16BrN3O2S/c1-4-7-11-5-8(12-7)16(14,15)13-9(2,3)6-10/h5,13H,4,6H2,1-3H3,(H,11,12). The van der Waals surface area contributed by atoms with Gasteiger partial charge in [-0.1, -0.05) is 22.9 Å². The molecular formula is C9H16BrN3O2S. The normalized spacial score (nSPS) is 13.0. The molecule has 0 aliphatic carbocycles. The first-order chi connectivity index (χ1) is 7.30. The van der Waals surface area contributed by atoms with Crippen LogP contribution in [0.1, 0.15) is 26.6 Å². The van der Waals surface area contributed by atoms with Crippen LogP contribution in [0.15, 0.2) is 11.2 Å². The monoisotopic (exact) mass is 309 g/mol. The number of nitrogens with zero attached hydrogens (tertiary/aromatic N) is 1. The fraction of sp³-hybridized carbons (Fsp3) is 0.667. The molecule has 5 nitrogen and oxygen atoms in total. The molecule has 92 valence electrons. The summed E-state index contributed by atoms with van der Waals surface area (Å²) in [4.78, 5) is 6.74. The molecule has 1 rings (SSSR count). The van der Waals surface area contributed by atoms with Crippen molar-refractivity contribution in [2.45, 2.75) is 37.8 Å². The van der Waals surface area contributed by atoms with Gasteiger partial charge in [-0.25, -0.2) is 18.1 Å². The van der Waals surface area contributed by atoms with Gasteiger partial charge in [0.1, 0.15) is 5.82 Å². The average Bonchev–Trinajstić information content (AvgIpc) is 2.65. The zero-order valence-electron chi connectivity index (χ0n) is 9.54. The highest BCUT2D eigenvalue weighted by molar-refractivity contribution is 9.09. The second-order valence-corrected chi connectivity index (χ2v) is 6.38. The molecule has 1 aromatic heterocycles. The van der Waals surface area contributed by atoms with Crippen LogP contribution in [-0.2, 0) is 16.4 Å². The third-order valence-electron chi connectivity index (χ3n) is 1.97. The Morgan fingerprint density at radius 3 is 2.62 bits per heavy atom. The van der Waals surface area contributed by atoms with Crippen LogP contribution >= 0.6 is 15.9 Å². The van der Waals surface area contributed by atoms with E-state index < -0.39 is 15.6 Å². The van der Waals surface area contributed by atoms with Crippen molar-refractivity contribution in [1.29, 1.82) is 0 Å². The Morgan fingerprint density at radius 2 is 2.19 bits per heavy atom. The molecular weight excluding hydrogens is 294 g/mol. The van der Waals surface area contributed by atoms with Crippen molar-refractivity contribution in [3.63, 3.8) is 0 Å². The number of halogens is 1. The minimum Gasteiger partial charge on any atom is -0.332 e. The first-order valence-electron chi connectivity index (χ1n) is 4.94. The van der Waals surface area contributed by atoms with E-state index in [1.807, 2.05) is 6.92 Å². The third kappa shape index (κ3) is 3.29. The molecule has 0 amide bonds. The molecule has 7 heteroatoms. The van der Waals surface area contributed by atoms with Crippen molar-refractivity contribution in [1.82, 2.24) is 14.7 Å². The van der Waals surface area contributed by atoms with Gasteiger partial charge in [0, 0.05) is 17.3 Å². The minimum atomic E-state index is -3.52. The molecule has 1 aromatic rings. The SMILES string of the molecule is CCc1ncc(S(=O)(=O)NC(C)(C)CBr)[nH]1. The van der Waals surface area contributed by atoms with Crippen molar-refractivity contribution in [3.8, 4) is 0 Å². The van der Waals surface area contributed by atoms with Crippen LogP contribution in [0.2, 0.25) is 0 Å². The summed E-state index contributed by atoms with van der Waals surface area (Å²) in [5, 5.41) is 0.645. The second-order valence-electron chi connectivity index (χ2n) is 4.17. The zero-order valence-corrected chi connectivity index (χ0v) is 11.9. The summed E-state index contributed by atoms with van der Waals surface area (Å²) in [7, 11) is -3.52. The lowest BCUT2D eigenvalue weighted by Crippen LogP contribution is -2.44. The van der Waals surface area contributed by atoms with Crippen LogP contribution < -0.4 is 4.72 Å². The maximum atomic E-state index is 11.9. The summed E-state index contributed by atoms with van der Waals surface area (Å²) in [5.41, 5.74) is -0.531. The first-order valence-corrected chi connectivity index (χ1v) is 7.55. The molecule has 0 atom stereocenters. The maximum Gasteiger partial charge on any atom is 0.258 e. The Morgan fingerprint density at radius 1 is 1.56 bits per heavy atom. The van der Waals surface area contributed by atoms with E-state index in [1.165, 1.54) is 6.20 Å². The molecule has 0 fully saturated rings. The number of rotatable bonds is 5. The van der Waals surface area contributed by atoms with Crippen LogP contribution in [0.5, 0.6) is 0 Å². The summed E-state index contributed by atoms with van der Waals surface area (Å²) in [6.45, 7) is 5.51. The third-order valence-corrected chi connectivity index (χ3v) is 4.98. The van der Waals surface area contributed by atoms with Crippen LogP contribution in [0, 0.1) is 0 Å². The Labute approximate surface area is 104 Å². The fourth-order valence-electron chi connectivity index (χ4n) is 1.11. The number of hydrogen-bond donors (Lipinski definition) is 2. The van der Waals surface area contributed by atoms with Crippen molar-refractivity contribution < 1.29 is 8.42 Å². The van der Waals surface area contributed by atoms with Crippen LogP contribution in [0.3, 0.4) is 0 Å². The van der Waals surface area contributed by atoms with Crippen molar-refractivity contribution in [3.05, 3.63) is 12.0 Å². The highest BCUT2D eigenvalue weighted by Crippen LogP contribution is 2.13. The lowest BCUT2D eigenvalue weighted by molar-refractivity contribution is 0.498. The molecule has 0 aromatic carbocycles. The number of hydrogen-bond acceptors (Lipinski definition) is 3. The van der Waals surface area contributed by atoms with Gasteiger partial charge >= 0.3 is 0 Å². The Hall–Kier alpha value is -0.400. The van der Waals surface area contributed by atoms with Crippen molar-refractivity contribution in [2.75, 3.05) is 5.33 Å². The van der Waals surface area contributed by atoms with Gasteiger partial charge in [-0.15, -0.1) is 0 Å². The molecule has 0 unspecified atom stereocenters. The van der Waals surface area contributed by atoms with E-state index in [9.17, 15) is 8.42 Å². The van der Waals surface area contributed by atoms with Gasteiger partial charge in [-0.2, -0.15) is 0 Å². The number of aromatic nitrogens is 2. The molecule has 0 radical (unpaired) electrons. The average molecular weight is 310 g/mol. The lowest BCUT2D eigenvalue weighted by atomic mass is 10.1. The summed E-state index contributed by atoms with van der Waals surface area (Å²) >= 11 is 3.26. The Balaban J connectivity index is 2.94. The number of nitrogens with one attached hydrogen (secondary N) is 2. The zero-order chi connectivity index (χ0) is 12.4. The number of aryl methyl sites for hydroxylation is 1. The smallest absolute Gasteiger partial charge is 0.258 e. The molecule has 0 aliphatic heterocycles. The summed E-state index contributed by atoms with van der Waals surface area (Å²) in [5.74, 6) is 0.664. The molecule has 0 saturated carbocycles. The molecule has 16 heavy (non-hydrogen) atoms. The van der Waals surface area contributed by atoms with E-state index >= 15 is 0 Å². The summed E-state index contributed by atoms with van der Waals surface area (Å²) in [6, 6.07) is 0. The summed E-state index contributed by atoms with van der Waals surface area (Å²) < 4.78 is 26.5. The molecule has 1 heterocycles. The van der Waals surface area contributed by atoms with Crippen LogP contribution in [0.4, 0.5) is 0 Å². The molecule has 0 saturated heterocycles. The highest BCUT2D eigenvalue weighted by atomic mass is 79.9. The van der Waals surface area contributed by atoms with Gasteiger partial charge in [-0.3, -0.25) is 0 Å². The number of sulfonamides is 1. The van der Waals surface area contributed by atoms with E-state index in [1.54, 1.807) is 13.8 Å². The molecule has 0 aliphatic rings. The lowest BCUT2D eigenvalue weighted by Gasteiger charge is -2.22. The van der Waals surface area contributed by atoms with Gasteiger partial charge < -0.3 is 4.98 Å². The number of aromatic amines is 1. The van der Waals surface area contributed by atoms with Crippen LogP contribution in [0.25, 0.3) is 0 Å². The van der Waals surface area contributed by atoms with E-state index in [2.05, 4.69) is 30.6 Å². The Bertz CT molecular complexity index is 453. The van der Waals surface area contributed by atoms with Crippen LogP contribution in [-0.4, -0.2) is 29.3 Å². The predicted octanol–water partition coefficient (Wildman–Crippen LogP) is 1.42. The van der Waals surface area contributed by atoms with E-state index in [-0.39, 0.29) is 5.03 Å². The summed E-state index contributed by atoms with van der Waals surface area (Å²) in [6.07, 6.45) is 2.02. The fourth-order valence-corrected chi connectivity index (χ4v) is 2.78. The van der Waals surface area contributed by atoms with Gasteiger partial charge in [0.25, 0.3) is 10.0 Å². The predicted molar refractivity (Wildman–Crippen MR) is 66.2 cm³/mol. The number of imidazole rings is 1. The van der Waals surface area contributed by atoms with Gasteiger partial charge in [0.05, 0.1) is 6.20 Å². The topological polar surface area (TPSA) is 74.8 Å². The Kier molecular flexibility index (Phi) is 4.14. The highest BCUT2D eigenvalue weighted by Gasteiger charge is 2.26. The minimum absolute atomic E-state index is 0.110. The quantitative estimate of drug-likeness (QED) is 0.808. The second kappa shape index (κ2) is 4.85. The molecule has 0 spiro atoms. The maximum absolute atomic E-state index is 11.9. The van der Waals surface area contributed by atoms with Crippen molar-refractivity contribution >= 4 is 26.0 Å². The van der Waals surface area contributed by atoms with E-state index in [4.69, 9.17) is 0 Å². The van der Waals surface area contributed by atoms with Gasteiger partial charge in [0.2, 0.25) is 0 Å². The van der Waals surface area contributed by atoms with E-state index in [0.717, 1.165) is 0 Å². The van der Waals surface area contributed by atoms with Crippen molar-refractivity contribution in [2.24, 2.45) is 0 Å². The van der Waals surface area contributed by atoms with Gasteiger partial charge in [0.15, 0.2) is 5.03 Å². The van der Waals surface area contributed by atoms with E-state index in [0.29, 0.717) is 17.6 Å². The molecule has 0 bridgehead atoms. The van der Waals surface area contributed by atoms with Gasteiger partial charge in [-0.05, 0) is 13.8 Å². The largest absolute Gasteiger partial charge is 0.332 e. The first kappa shape index (κ1) is 13.7.